The van der Waals surface area contributed by atoms with Crippen molar-refractivity contribution >= 4 is 34.3 Å². The fraction of sp³-hybridized carbons (Fsp3) is 0.0714. The van der Waals surface area contributed by atoms with Crippen LogP contribution in [0.1, 0.15) is 5.56 Å². The van der Waals surface area contributed by atoms with Crippen LogP contribution in [0.25, 0.3) is 10.9 Å². The van der Waals surface area contributed by atoms with Gasteiger partial charge in [0.05, 0.1) is 11.7 Å². The second-order valence-corrected chi connectivity index (χ2v) is 4.68. The number of pyridine rings is 1. The van der Waals surface area contributed by atoms with Crippen LogP contribution in [0.4, 0.5) is 11.8 Å². The van der Waals surface area contributed by atoms with E-state index in [1.165, 1.54) is 6.20 Å². The summed E-state index contributed by atoms with van der Waals surface area (Å²) in [6, 6.07) is 9.99. The Kier molecular flexibility index (Phi) is 3.35. The van der Waals surface area contributed by atoms with Crippen molar-refractivity contribution in [2.45, 2.75) is 6.54 Å². The van der Waals surface area contributed by atoms with E-state index in [9.17, 15) is 0 Å². The summed E-state index contributed by atoms with van der Waals surface area (Å²) < 4.78 is 0. The molecule has 100 valence electrons. The van der Waals surface area contributed by atoms with Gasteiger partial charge in [-0.25, -0.2) is 4.98 Å². The molecule has 1 aromatic carbocycles. The first-order valence-electron chi connectivity index (χ1n) is 6.08. The zero-order valence-corrected chi connectivity index (χ0v) is 11.3. The number of hydrogen-bond donors (Lipinski definition) is 2. The van der Waals surface area contributed by atoms with Crippen molar-refractivity contribution in [1.82, 2.24) is 15.0 Å². The normalized spacial score (nSPS) is 10.7. The molecule has 0 unspecified atom stereocenters. The molecule has 20 heavy (non-hydrogen) atoms. The molecule has 2 aromatic heterocycles. The number of halogens is 1. The lowest BCUT2D eigenvalue weighted by molar-refractivity contribution is 1.09. The van der Waals surface area contributed by atoms with Gasteiger partial charge in [0, 0.05) is 18.1 Å². The molecule has 0 radical (unpaired) electrons. The highest BCUT2D eigenvalue weighted by molar-refractivity contribution is 6.32. The maximum absolute atomic E-state index is 6.02. The van der Waals surface area contributed by atoms with Crippen LogP contribution in [0, 0.1) is 0 Å². The van der Waals surface area contributed by atoms with E-state index in [4.69, 9.17) is 17.3 Å². The Hall–Kier alpha value is -2.40. The maximum Gasteiger partial charge on any atom is 0.222 e. The fourth-order valence-electron chi connectivity index (χ4n) is 1.99. The molecule has 0 atom stereocenters. The van der Waals surface area contributed by atoms with Crippen LogP contribution in [0.2, 0.25) is 5.02 Å². The molecule has 0 bridgehead atoms. The molecule has 0 fully saturated rings. The SMILES string of the molecule is Nc1ncc(Cl)c(NCc2cccc3cccnc23)n1. The number of nitrogen functional groups attached to an aromatic ring is 1. The van der Waals surface area contributed by atoms with Crippen LogP contribution in [-0.2, 0) is 6.54 Å². The van der Waals surface area contributed by atoms with Crippen LogP contribution in [0.3, 0.4) is 0 Å². The highest BCUT2D eigenvalue weighted by Gasteiger charge is 2.05. The minimum absolute atomic E-state index is 0.188. The number of hydrogen-bond acceptors (Lipinski definition) is 5. The molecule has 0 aliphatic rings. The van der Waals surface area contributed by atoms with Crippen LogP contribution < -0.4 is 11.1 Å². The smallest absolute Gasteiger partial charge is 0.222 e. The van der Waals surface area contributed by atoms with Gasteiger partial charge in [-0.05, 0) is 11.6 Å². The third kappa shape index (κ3) is 2.48. The summed E-state index contributed by atoms with van der Waals surface area (Å²) in [5.41, 5.74) is 7.58. The number of aromatic nitrogens is 3. The predicted octanol–water partition coefficient (Wildman–Crippen LogP) is 2.87. The summed E-state index contributed by atoms with van der Waals surface area (Å²) in [7, 11) is 0. The molecule has 0 saturated heterocycles. The molecule has 0 spiro atoms. The highest BCUT2D eigenvalue weighted by Crippen LogP contribution is 2.21. The molecule has 3 rings (SSSR count). The van der Waals surface area contributed by atoms with Crippen LogP contribution >= 0.6 is 11.6 Å². The Labute approximate surface area is 120 Å². The molecule has 0 aliphatic carbocycles. The minimum Gasteiger partial charge on any atom is -0.368 e. The fourth-order valence-corrected chi connectivity index (χ4v) is 2.15. The molecular weight excluding hydrogens is 274 g/mol. The Bertz CT molecular complexity index is 754. The highest BCUT2D eigenvalue weighted by atomic mass is 35.5. The van der Waals surface area contributed by atoms with E-state index in [-0.39, 0.29) is 5.95 Å². The number of anilines is 2. The van der Waals surface area contributed by atoms with Crippen molar-refractivity contribution in [1.29, 1.82) is 0 Å². The van der Waals surface area contributed by atoms with Gasteiger partial charge in [-0.3, -0.25) is 4.98 Å². The molecule has 0 amide bonds. The second-order valence-electron chi connectivity index (χ2n) is 4.27. The first-order chi connectivity index (χ1) is 9.74. The number of benzene rings is 1. The van der Waals surface area contributed by atoms with Crippen molar-refractivity contribution in [3.63, 3.8) is 0 Å². The monoisotopic (exact) mass is 285 g/mol. The molecule has 0 aliphatic heterocycles. The van der Waals surface area contributed by atoms with Crippen LogP contribution in [-0.4, -0.2) is 15.0 Å². The standard InChI is InChI=1S/C14H12ClN5/c15-11-8-19-14(16)20-13(11)18-7-10-4-1-3-9-5-2-6-17-12(9)10/h1-6,8H,7H2,(H3,16,18,19,20). The lowest BCUT2D eigenvalue weighted by Gasteiger charge is -2.09. The van der Waals surface area contributed by atoms with Gasteiger partial charge in [-0.2, -0.15) is 4.98 Å². The van der Waals surface area contributed by atoms with E-state index in [0.29, 0.717) is 17.4 Å². The third-order valence-corrected chi connectivity index (χ3v) is 3.20. The van der Waals surface area contributed by atoms with Crippen molar-refractivity contribution in [2.75, 3.05) is 11.1 Å². The lowest BCUT2D eigenvalue weighted by Crippen LogP contribution is -2.05. The molecule has 5 nitrogen and oxygen atoms in total. The van der Waals surface area contributed by atoms with Gasteiger partial charge >= 0.3 is 0 Å². The Morgan fingerprint density at radius 1 is 1.15 bits per heavy atom. The van der Waals surface area contributed by atoms with Crippen LogP contribution in [0.15, 0.2) is 42.7 Å². The second kappa shape index (κ2) is 5.30. The van der Waals surface area contributed by atoms with E-state index < -0.39 is 0 Å². The average Bonchev–Trinajstić information content (AvgIpc) is 2.48. The number of nitrogens with one attached hydrogen (secondary N) is 1. The summed E-state index contributed by atoms with van der Waals surface area (Å²) in [5, 5.41) is 4.69. The minimum atomic E-state index is 0.188. The first kappa shape index (κ1) is 12.6. The first-order valence-corrected chi connectivity index (χ1v) is 6.46. The summed E-state index contributed by atoms with van der Waals surface area (Å²) in [6.07, 6.45) is 3.26. The maximum atomic E-state index is 6.02. The van der Waals surface area contributed by atoms with Gasteiger partial charge in [0.15, 0.2) is 5.82 Å². The summed E-state index contributed by atoms with van der Waals surface area (Å²) in [5.74, 6) is 0.708. The summed E-state index contributed by atoms with van der Waals surface area (Å²) >= 11 is 6.02. The zero-order valence-electron chi connectivity index (χ0n) is 10.5. The molecule has 3 aromatic rings. The van der Waals surface area contributed by atoms with Gasteiger partial charge in [-0.1, -0.05) is 35.9 Å². The van der Waals surface area contributed by atoms with Crippen molar-refractivity contribution in [3.8, 4) is 0 Å². The summed E-state index contributed by atoms with van der Waals surface area (Å²) in [4.78, 5) is 12.3. The molecular formula is C14H12ClN5. The van der Waals surface area contributed by atoms with Crippen molar-refractivity contribution in [3.05, 3.63) is 53.3 Å². The van der Waals surface area contributed by atoms with E-state index >= 15 is 0 Å². The number of rotatable bonds is 3. The molecule has 6 heteroatoms. The number of para-hydroxylation sites is 1. The number of fused-ring (bicyclic) bond motifs is 1. The van der Waals surface area contributed by atoms with Gasteiger partial charge in [0.1, 0.15) is 5.02 Å². The van der Waals surface area contributed by atoms with Gasteiger partial charge in [-0.15, -0.1) is 0 Å². The van der Waals surface area contributed by atoms with Gasteiger partial charge < -0.3 is 11.1 Å². The lowest BCUT2D eigenvalue weighted by atomic mass is 10.1. The Morgan fingerprint density at radius 2 is 2.00 bits per heavy atom. The Morgan fingerprint density at radius 3 is 2.90 bits per heavy atom. The average molecular weight is 286 g/mol. The third-order valence-electron chi connectivity index (χ3n) is 2.93. The Balaban J connectivity index is 1.89. The molecule has 3 N–H and O–H groups in total. The van der Waals surface area contributed by atoms with E-state index in [2.05, 4.69) is 20.3 Å². The quantitative estimate of drug-likeness (QED) is 0.774. The van der Waals surface area contributed by atoms with E-state index in [1.54, 1.807) is 6.20 Å². The zero-order chi connectivity index (χ0) is 13.9. The van der Waals surface area contributed by atoms with Gasteiger partial charge in [0.2, 0.25) is 5.95 Å². The predicted molar refractivity (Wildman–Crippen MR) is 80.5 cm³/mol. The van der Waals surface area contributed by atoms with Gasteiger partial charge in [0.25, 0.3) is 0 Å². The number of nitrogens with two attached hydrogens (primary N) is 1. The molecule has 2 heterocycles. The van der Waals surface area contributed by atoms with E-state index in [0.717, 1.165) is 16.5 Å². The van der Waals surface area contributed by atoms with E-state index in [1.807, 2.05) is 30.3 Å². The van der Waals surface area contributed by atoms with Crippen LogP contribution in [0.5, 0.6) is 0 Å². The summed E-state index contributed by atoms with van der Waals surface area (Å²) in [6.45, 7) is 0.560. The topological polar surface area (TPSA) is 76.7 Å². The number of nitrogens with zero attached hydrogens (tertiary/aromatic N) is 3. The largest absolute Gasteiger partial charge is 0.368 e. The molecule has 0 saturated carbocycles. The van der Waals surface area contributed by atoms with Crippen molar-refractivity contribution in [2.24, 2.45) is 0 Å². The van der Waals surface area contributed by atoms with Crippen molar-refractivity contribution < 1.29 is 0 Å².